The van der Waals surface area contributed by atoms with E-state index in [0.717, 1.165) is 0 Å². The molecule has 0 bridgehead atoms. The van der Waals surface area contributed by atoms with Gasteiger partial charge in [0.05, 0.1) is 41.1 Å². The van der Waals surface area contributed by atoms with Crippen LogP contribution in [0.5, 0.6) is 11.5 Å². The van der Waals surface area contributed by atoms with Crippen molar-refractivity contribution < 1.29 is 38.6 Å². The molecule has 1 heterocycles. The maximum atomic E-state index is 13.4. The molecule has 1 fully saturated rings. The predicted octanol–water partition coefficient (Wildman–Crippen LogP) is 3.39. The van der Waals surface area contributed by atoms with Crippen LogP contribution in [0.3, 0.4) is 0 Å². The largest absolute Gasteiger partial charge is 0.466 e. The van der Waals surface area contributed by atoms with Crippen molar-refractivity contribution in [2.45, 2.75) is 38.7 Å². The van der Waals surface area contributed by atoms with Gasteiger partial charge in [-0.1, -0.05) is 6.07 Å². The number of ether oxygens (including phenoxy) is 4. The molecule has 2 N–H and O–H groups in total. The van der Waals surface area contributed by atoms with Crippen molar-refractivity contribution in [2.24, 2.45) is 16.9 Å². The maximum Gasteiger partial charge on any atom is 0.315 e. The van der Waals surface area contributed by atoms with Gasteiger partial charge >= 0.3 is 11.9 Å². The lowest BCUT2D eigenvalue weighted by Crippen LogP contribution is -2.55. The summed E-state index contributed by atoms with van der Waals surface area (Å²) in [7, 11) is 0. The van der Waals surface area contributed by atoms with Crippen LogP contribution in [0.25, 0.3) is 0 Å². The van der Waals surface area contributed by atoms with Crippen LogP contribution in [0.4, 0.5) is 11.4 Å². The number of nitro benzene ring substituents is 1. The number of hydrogen-bond donors (Lipinski definition) is 2. The minimum atomic E-state index is -1.65. The van der Waals surface area contributed by atoms with E-state index in [2.05, 4.69) is 10.5 Å². The van der Waals surface area contributed by atoms with Crippen molar-refractivity contribution in [3.05, 3.63) is 58.1 Å². The Labute approximate surface area is 218 Å². The summed E-state index contributed by atoms with van der Waals surface area (Å²) in [6.45, 7) is 5.04. The lowest BCUT2D eigenvalue weighted by atomic mass is 9.61. The molecule has 12 nitrogen and oxygen atoms in total. The van der Waals surface area contributed by atoms with Gasteiger partial charge < -0.3 is 24.1 Å². The van der Waals surface area contributed by atoms with Gasteiger partial charge in [0.15, 0.2) is 11.5 Å². The smallest absolute Gasteiger partial charge is 0.315 e. The Hall–Kier alpha value is -4.19. The normalized spacial score (nSPS) is 25.1. The first kappa shape index (κ1) is 26.9. The Balaban J connectivity index is 1.80. The molecule has 4 atom stereocenters. The lowest BCUT2D eigenvalue weighted by Gasteiger charge is -2.45. The molecule has 0 spiro atoms. The highest BCUT2D eigenvalue weighted by Crippen LogP contribution is 2.49. The highest BCUT2D eigenvalue weighted by Gasteiger charge is 2.56. The van der Waals surface area contributed by atoms with Crippen molar-refractivity contribution in [1.29, 1.82) is 0 Å². The van der Waals surface area contributed by atoms with Crippen LogP contribution in [0.15, 0.2) is 47.6 Å². The Bertz CT molecular complexity index is 1240. The molecule has 2 aromatic carbocycles. The highest BCUT2D eigenvalue weighted by atomic mass is 16.7. The number of anilines is 1. The fourth-order valence-electron chi connectivity index (χ4n) is 4.93. The van der Waals surface area contributed by atoms with Crippen LogP contribution in [-0.2, 0) is 19.1 Å². The van der Waals surface area contributed by atoms with E-state index >= 15 is 0 Å². The van der Waals surface area contributed by atoms with Crippen molar-refractivity contribution >= 4 is 29.0 Å². The number of non-ortho nitro benzene ring substituents is 1. The van der Waals surface area contributed by atoms with Gasteiger partial charge in [0.25, 0.3) is 5.69 Å². The lowest BCUT2D eigenvalue weighted by molar-refractivity contribution is -0.384. The number of benzene rings is 2. The first-order valence-corrected chi connectivity index (χ1v) is 12.2. The SMILES string of the molecule is CCOC(=O)[C@@H]1/C(=N/Nc2ccc([N+](=O)[O-])cc2)C[C@](C)(O)[C@H](C(=O)OCC)[C@@H]1c1ccc2c(c1)OCO2. The number of esters is 2. The molecule has 0 radical (unpaired) electrons. The van der Waals surface area contributed by atoms with Crippen LogP contribution < -0.4 is 14.9 Å². The molecule has 1 aliphatic carbocycles. The first-order chi connectivity index (χ1) is 18.2. The third-order valence-electron chi connectivity index (χ3n) is 6.56. The molecule has 12 heteroatoms. The van der Waals surface area contributed by atoms with E-state index < -0.39 is 40.2 Å². The van der Waals surface area contributed by atoms with Crippen molar-refractivity contribution in [3.63, 3.8) is 0 Å². The second-order valence-corrected chi connectivity index (χ2v) is 9.15. The summed E-state index contributed by atoms with van der Waals surface area (Å²) in [6, 6.07) is 10.6. The minimum Gasteiger partial charge on any atom is -0.466 e. The molecule has 1 aliphatic heterocycles. The summed E-state index contributed by atoms with van der Waals surface area (Å²) in [5.41, 5.74) is 2.29. The highest BCUT2D eigenvalue weighted by molar-refractivity contribution is 6.06. The van der Waals surface area contributed by atoms with Gasteiger partial charge in [-0.05, 0) is 50.6 Å². The molecule has 2 aromatic rings. The van der Waals surface area contributed by atoms with Crippen LogP contribution in [-0.4, -0.2) is 53.3 Å². The summed E-state index contributed by atoms with van der Waals surface area (Å²) in [6.07, 6.45) is -0.138. The number of nitro groups is 1. The predicted molar refractivity (Wildman–Crippen MR) is 135 cm³/mol. The van der Waals surface area contributed by atoms with Gasteiger partial charge in [0, 0.05) is 24.5 Å². The number of carbonyl (C=O) groups excluding carboxylic acids is 2. The topological polar surface area (TPSA) is 159 Å². The summed E-state index contributed by atoms with van der Waals surface area (Å²) in [5, 5.41) is 26.9. The van der Waals surface area contributed by atoms with Crippen LogP contribution in [0, 0.1) is 22.0 Å². The average Bonchev–Trinajstić information content (AvgIpc) is 3.35. The van der Waals surface area contributed by atoms with Gasteiger partial charge in [-0.15, -0.1) is 0 Å². The van der Waals surface area contributed by atoms with E-state index in [9.17, 15) is 24.8 Å². The minimum absolute atomic E-state index is 0.0373. The monoisotopic (exact) mass is 527 g/mol. The van der Waals surface area contributed by atoms with Crippen molar-refractivity contribution in [1.82, 2.24) is 0 Å². The zero-order valence-corrected chi connectivity index (χ0v) is 21.2. The van der Waals surface area contributed by atoms with Gasteiger partial charge in [-0.25, -0.2) is 0 Å². The number of hydrazone groups is 1. The summed E-state index contributed by atoms with van der Waals surface area (Å²) >= 11 is 0. The number of nitrogens with zero attached hydrogens (tertiary/aromatic N) is 2. The molecule has 0 aromatic heterocycles. The van der Waals surface area contributed by atoms with Gasteiger partial charge in [-0.2, -0.15) is 5.10 Å². The Morgan fingerprint density at radius 1 is 1.11 bits per heavy atom. The molecule has 0 unspecified atom stereocenters. The molecular formula is C26H29N3O9. The van der Waals surface area contributed by atoms with Crippen LogP contribution in [0.1, 0.15) is 38.7 Å². The molecule has 202 valence electrons. The van der Waals surface area contributed by atoms with Gasteiger partial charge in [0.2, 0.25) is 6.79 Å². The third kappa shape index (κ3) is 5.40. The van der Waals surface area contributed by atoms with Crippen LogP contribution in [0.2, 0.25) is 0 Å². The van der Waals surface area contributed by atoms with Crippen LogP contribution >= 0.6 is 0 Å². The molecule has 1 saturated carbocycles. The van der Waals surface area contributed by atoms with E-state index in [4.69, 9.17) is 18.9 Å². The third-order valence-corrected chi connectivity index (χ3v) is 6.56. The van der Waals surface area contributed by atoms with E-state index in [1.807, 2.05) is 0 Å². The zero-order valence-electron chi connectivity index (χ0n) is 21.2. The van der Waals surface area contributed by atoms with Gasteiger partial charge in [0.1, 0.15) is 5.92 Å². The number of carbonyl (C=O) groups is 2. The van der Waals surface area contributed by atoms with E-state index in [-0.39, 0.29) is 37.8 Å². The molecule has 0 amide bonds. The van der Waals surface area contributed by atoms with Crippen molar-refractivity contribution in [2.75, 3.05) is 25.4 Å². The number of rotatable bonds is 8. The Kier molecular flexibility index (Phi) is 7.81. The van der Waals surface area contributed by atoms with Gasteiger partial charge in [-0.3, -0.25) is 25.1 Å². The fraction of sp³-hybridized carbons (Fsp3) is 0.423. The van der Waals surface area contributed by atoms with E-state index in [1.165, 1.54) is 31.2 Å². The van der Waals surface area contributed by atoms with Crippen molar-refractivity contribution in [3.8, 4) is 11.5 Å². The van der Waals surface area contributed by atoms with E-state index in [0.29, 0.717) is 22.7 Å². The molecule has 38 heavy (non-hydrogen) atoms. The fourth-order valence-corrected chi connectivity index (χ4v) is 4.93. The summed E-state index contributed by atoms with van der Waals surface area (Å²) in [5.74, 6) is -3.42. The summed E-state index contributed by atoms with van der Waals surface area (Å²) in [4.78, 5) is 37.1. The Morgan fingerprint density at radius 3 is 2.42 bits per heavy atom. The summed E-state index contributed by atoms with van der Waals surface area (Å²) < 4.78 is 21.6. The quantitative estimate of drug-likeness (QED) is 0.296. The zero-order chi connectivity index (χ0) is 27.4. The first-order valence-electron chi connectivity index (χ1n) is 12.2. The molecule has 0 saturated heterocycles. The Morgan fingerprint density at radius 2 is 1.76 bits per heavy atom. The molecule has 2 aliphatic rings. The number of fused-ring (bicyclic) bond motifs is 1. The average molecular weight is 528 g/mol. The molecule has 4 rings (SSSR count). The number of hydrogen-bond acceptors (Lipinski definition) is 11. The molecular weight excluding hydrogens is 498 g/mol. The van der Waals surface area contributed by atoms with E-state index in [1.54, 1.807) is 32.0 Å². The second kappa shape index (κ2) is 11.1. The second-order valence-electron chi connectivity index (χ2n) is 9.15. The standard InChI is InChI=1S/C26H29N3O9/c1-4-35-24(30)22-18(28-27-16-7-9-17(10-8-16)29(33)34)13-26(3,32)23(25(31)36-5-2)21(22)15-6-11-19-20(12-15)38-14-37-19/h6-12,21-23,27,32H,4-5,13-14H2,1-3H3/b28-18+/t21-,22-,23+,26+/m1/s1. The number of nitrogens with one attached hydrogen (secondary N) is 1. The number of aliphatic hydroxyl groups is 1. The maximum absolute atomic E-state index is 13.4.